The Hall–Kier alpha value is -0.570. The van der Waals surface area contributed by atoms with Gasteiger partial charge in [-0.3, -0.25) is 10.3 Å². The quantitative estimate of drug-likeness (QED) is 0.617. The Morgan fingerprint density at radius 3 is 2.28 bits per heavy atom. The van der Waals surface area contributed by atoms with Crippen molar-refractivity contribution in [3.63, 3.8) is 0 Å². The Labute approximate surface area is 112 Å². The molecule has 0 bridgehead atoms. The molecule has 1 atom stereocenters. The van der Waals surface area contributed by atoms with Gasteiger partial charge in [0.2, 0.25) is 0 Å². The highest BCUT2D eigenvalue weighted by Crippen LogP contribution is 2.26. The van der Waals surface area contributed by atoms with E-state index in [0.717, 1.165) is 32.0 Å². The van der Waals surface area contributed by atoms with E-state index in [1.54, 1.807) is 0 Å². The first kappa shape index (κ1) is 13.9. The summed E-state index contributed by atoms with van der Waals surface area (Å²) in [5, 5.41) is 8.40. The highest BCUT2D eigenvalue weighted by Gasteiger charge is 2.26. The normalized spacial score (nSPS) is 25.1. The second kappa shape index (κ2) is 6.55. The zero-order valence-corrected chi connectivity index (χ0v) is 12.1. The van der Waals surface area contributed by atoms with E-state index in [-0.39, 0.29) is 0 Å². The minimum atomic E-state index is 0.564. The van der Waals surface area contributed by atoms with Gasteiger partial charge in [-0.05, 0) is 26.2 Å². The van der Waals surface area contributed by atoms with Gasteiger partial charge in [-0.1, -0.05) is 26.2 Å². The lowest BCUT2D eigenvalue weighted by atomic mass is 9.88. The summed E-state index contributed by atoms with van der Waals surface area (Å²) in [6.07, 6.45) is 7.79. The molecule has 0 radical (unpaired) electrons. The standard InChI is InChI=1S/C15H29N3/c1-3-13(2)17-9-11-18(12-10-17)15(16)14-7-5-4-6-8-14/h13-14,16H,3-12H2,1-2H3. The smallest absolute Gasteiger partial charge is 0.0990 e. The molecule has 3 nitrogen and oxygen atoms in total. The van der Waals surface area contributed by atoms with Crippen molar-refractivity contribution in [1.29, 1.82) is 5.41 Å². The molecule has 0 aromatic rings. The number of nitrogens with one attached hydrogen (secondary N) is 1. The molecule has 0 spiro atoms. The van der Waals surface area contributed by atoms with Gasteiger partial charge in [0.05, 0.1) is 5.84 Å². The second-order valence-corrected chi connectivity index (χ2v) is 6.00. The van der Waals surface area contributed by atoms with Gasteiger partial charge in [0.15, 0.2) is 0 Å². The third kappa shape index (κ3) is 3.25. The number of piperazine rings is 1. The van der Waals surface area contributed by atoms with Crippen molar-refractivity contribution in [3.8, 4) is 0 Å². The van der Waals surface area contributed by atoms with Crippen molar-refractivity contribution in [2.24, 2.45) is 5.92 Å². The zero-order valence-electron chi connectivity index (χ0n) is 12.1. The van der Waals surface area contributed by atoms with Crippen LogP contribution >= 0.6 is 0 Å². The number of hydrogen-bond donors (Lipinski definition) is 1. The predicted octanol–water partition coefficient (Wildman–Crippen LogP) is 2.96. The molecule has 2 fully saturated rings. The van der Waals surface area contributed by atoms with Crippen LogP contribution in [0.15, 0.2) is 0 Å². The van der Waals surface area contributed by atoms with Gasteiger partial charge in [-0.2, -0.15) is 0 Å². The minimum Gasteiger partial charge on any atom is -0.358 e. The molecule has 2 aliphatic rings. The molecule has 1 N–H and O–H groups in total. The van der Waals surface area contributed by atoms with Crippen LogP contribution in [0.4, 0.5) is 0 Å². The van der Waals surface area contributed by atoms with Crippen LogP contribution in [0.25, 0.3) is 0 Å². The third-order valence-electron chi connectivity index (χ3n) is 4.86. The van der Waals surface area contributed by atoms with Crippen LogP contribution in [0, 0.1) is 11.3 Å². The van der Waals surface area contributed by atoms with Crippen molar-refractivity contribution in [3.05, 3.63) is 0 Å². The zero-order chi connectivity index (χ0) is 13.0. The molecule has 18 heavy (non-hydrogen) atoms. The van der Waals surface area contributed by atoms with Crippen molar-refractivity contribution in [1.82, 2.24) is 9.80 Å². The maximum absolute atomic E-state index is 8.40. The van der Waals surface area contributed by atoms with Crippen LogP contribution in [0.5, 0.6) is 0 Å². The molecule has 0 aromatic carbocycles. The molecule has 0 aromatic heterocycles. The topological polar surface area (TPSA) is 30.3 Å². The van der Waals surface area contributed by atoms with E-state index in [0.29, 0.717) is 12.0 Å². The van der Waals surface area contributed by atoms with E-state index in [4.69, 9.17) is 5.41 Å². The molecule has 3 heteroatoms. The maximum atomic E-state index is 8.40. The molecule has 1 aliphatic carbocycles. The van der Waals surface area contributed by atoms with Gasteiger partial charge in [0, 0.05) is 38.1 Å². The highest BCUT2D eigenvalue weighted by molar-refractivity contribution is 5.81. The lowest BCUT2D eigenvalue weighted by molar-refractivity contribution is 0.133. The molecule has 1 heterocycles. The van der Waals surface area contributed by atoms with Crippen LogP contribution in [-0.4, -0.2) is 47.9 Å². The molecule has 1 aliphatic heterocycles. The predicted molar refractivity (Wildman–Crippen MR) is 77.2 cm³/mol. The Bertz CT molecular complexity index is 263. The van der Waals surface area contributed by atoms with Gasteiger partial charge in [-0.25, -0.2) is 0 Å². The minimum absolute atomic E-state index is 0.564. The molecule has 104 valence electrons. The summed E-state index contributed by atoms with van der Waals surface area (Å²) in [6, 6.07) is 0.705. The molecule has 1 saturated heterocycles. The molecular formula is C15H29N3. The highest BCUT2D eigenvalue weighted by atomic mass is 15.3. The molecule has 1 unspecified atom stereocenters. The first-order chi connectivity index (χ1) is 8.72. The Balaban J connectivity index is 1.79. The summed E-state index contributed by atoms with van der Waals surface area (Å²) in [5.41, 5.74) is 0. The summed E-state index contributed by atoms with van der Waals surface area (Å²) in [6.45, 7) is 9.01. The fourth-order valence-corrected chi connectivity index (χ4v) is 3.30. The summed E-state index contributed by atoms with van der Waals surface area (Å²) >= 11 is 0. The summed E-state index contributed by atoms with van der Waals surface area (Å²) < 4.78 is 0. The van der Waals surface area contributed by atoms with Gasteiger partial charge in [0.25, 0.3) is 0 Å². The Kier molecular flexibility index (Phi) is 5.04. The van der Waals surface area contributed by atoms with Gasteiger partial charge in [-0.15, -0.1) is 0 Å². The monoisotopic (exact) mass is 251 g/mol. The summed E-state index contributed by atoms with van der Waals surface area (Å²) in [4.78, 5) is 4.92. The van der Waals surface area contributed by atoms with Crippen LogP contribution < -0.4 is 0 Å². The fraction of sp³-hybridized carbons (Fsp3) is 0.933. The number of hydrogen-bond acceptors (Lipinski definition) is 2. The van der Waals surface area contributed by atoms with E-state index in [1.807, 2.05) is 0 Å². The first-order valence-electron chi connectivity index (χ1n) is 7.79. The average Bonchev–Trinajstić information content (AvgIpc) is 2.47. The van der Waals surface area contributed by atoms with Crippen LogP contribution in [0.3, 0.4) is 0 Å². The second-order valence-electron chi connectivity index (χ2n) is 6.00. The maximum Gasteiger partial charge on any atom is 0.0990 e. The lowest BCUT2D eigenvalue weighted by Crippen LogP contribution is -2.52. The van der Waals surface area contributed by atoms with Crippen molar-refractivity contribution >= 4 is 5.84 Å². The Morgan fingerprint density at radius 1 is 1.11 bits per heavy atom. The molecular weight excluding hydrogens is 222 g/mol. The molecule has 1 saturated carbocycles. The van der Waals surface area contributed by atoms with E-state index < -0.39 is 0 Å². The number of rotatable bonds is 3. The van der Waals surface area contributed by atoms with Gasteiger partial charge < -0.3 is 4.90 Å². The van der Waals surface area contributed by atoms with E-state index in [9.17, 15) is 0 Å². The number of nitrogens with zero attached hydrogens (tertiary/aromatic N) is 2. The Morgan fingerprint density at radius 2 is 1.72 bits per heavy atom. The third-order valence-corrected chi connectivity index (χ3v) is 4.86. The van der Waals surface area contributed by atoms with Crippen molar-refractivity contribution in [2.75, 3.05) is 26.2 Å². The van der Waals surface area contributed by atoms with E-state index in [2.05, 4.69) is 23.6 Å². The van der Waals surface area contributed by atoms with Gasteiger partial charge in [0.1, 0.15) is 0 Å². The largest absolute Gasteiger partial charge is 0.358 e. The van der Waals surface area contributed by atoms with E-state index >= 15 is 0 Å². The lowest BCUT2D eigenvalue weighted by Gasteiger charge is -2.41. The first-order valence-corrected chi connectivity index (χ1v) is 7.79. The van der Waals surface area contributed by atoms with Crippen LogP contribution in [0.2, 0.25) is 0 Å². The van der Waals surface area contributed by atoms with E-state index in [1.165, 1.54) is 38.5 Å². The molecule has 0 amide bonds. The SMILES string of the molecule is CCC(C)N1CCN(C(=N)C2CCCCC2)CC1. The fourth-order valence-electron chi connectivity index (χ4n) is 3.30. The van der Waals surface area contributed by atoms with Crippen molar-refractivity contribution in [2.45, 2.75) is 58.4 Å². The van der Waals surface area contributed by atoms with Gasteiger partial charge >= 0.3 is 0 Å². The number of amidine groups is 1. The van der Waals surface area contributed by atoms with Crippen molar-refractivity contribution < 1.29 is 0 Å². The average molecular weight is 251 g/mol. The summed E-state index contributed by atoms with van der Waals surface area (Å²) in [7, 11) is 0. The van der Waals surface area contributed by atoms with Crippen LogP contribution in [0.1, 0.15) is 52.4 Å². The van der Waals surface area contributed by atoms with Crippen LogP contribution in [-0.2, 0) is 0 Å². The molecule has 2 rings (SSSR count). The summed E-state index contributed by atoms with van der Waals surface area (Å²) in [5.74, 6) is 1.51.